The fourth-order valence-corrected chi connectivity index (χ4v) is 2.96. The molecule has 0 fully saturated rings. The van der Waals surface area contributed by atoms with E-state index < -0.39 is 12.0 Å². The molecule has 0 saturated heterocycles. The number of aromatic nitrogens is 3. The molecule has 0 bridgehead atoms. The van der Waals surface area contributed by atoms with Crippen molar-refractivity contribution < 1.29 is 13.2 Å². The van der Waals surface area contributed by atoms with Gasteiger partial charge in [0.15, 0.2) is 0 Å². The first-order valence-corrected chi connectivity index (χ1v) is 9.47. The van der Waals surface area contributed by atoms with Crippen molar-refractivity contribution in [2.24, 2.45) is 0 Å². The average molecular weight is 347 g/mol. The zero-order valence-electron chi connectivity index (χ0n) is 15.1. The summed E-state index contributed by atoms with van der Waals surface area (Å²) in [5.74, 6) is -1.02. The van der Waals surface area contributed by atoms with Crippen molar-refractivity contribution in [1.29, 1.82) is 0 Å². The van der Waals surface area contributed by atoms with Gasteiger partial charge < -0.3 is 0 Å². The van der Waals surface area contributed by atoms with Crippen LogP contribution in [0.5, 0.6) is 0 Å². The molecule has 1 rings (SSSR count). The second kappa shape index (κ2) is 11.5. The lowest BCUT2D eigenvalue weighted by atomic mass is 10.0. The summed E-state index contributed by atoms with van der Waals surface area (Å²) < 4.78 is 39.6. The summed E-state index contributed by atoms with van der Waals surface area (Å²) in [4.78, 5) is 3.45. The second-order valence-corrected chi connectivity index (χ2v) is 6.61. The molecule has 0 amide bonds. The molecule has 140 valence electrons. The summed E-state index contributed by atoms with van der Waals surface area (Å²) in [6.07, 6.45) is 10.2. The monoisotopic (exact) mass is 347 g/mol. The molecule has 1 aromatic rings. The highest BCUT2D eigenvalue weighted by Crippen LogP contribution is 2.28. The Kier molecular flexibility index (Phi) is 10.0. The van der Waals surface area contributed by atoms with Crippen molar-refractivity contribution in [3.63, 3.8) is 0 Å². The van der Waals surface area contributed by atoms with E-state index in [2.05, 4.69) is 23.9 Å². The van der Waals surface area contributed by atoms with Crippen LogP contribution in [0.15, 0.2) is 6.33 Å². The number of hydrogen-bond donors (Lipinski definition) is 0. The van der Waals surface area contributed by atoms with Crippen molar-refractivity contribution in [2.75, 3.05) is 0 Å². The maximum atomic E-state index is 12.7. The number of nitrogens with zero attached hydrogens (tertiary/aromatic N) is 3. The Hall–Kier alpha value is -1.07. The van der Waals surface area contributed by atoms with Crippen LogP contribution < -0.4 is 0 Å². The number of halogens is 3. The van der Waals surface area contributed by atoms with E-state index in [0.29, 0.717) is 0 Å². The molecule has 1 heterocycles. The first-order valence-electron chi connectivity index (χ1n) is 9.47. The molecule has 0 aliphatic carbocycles. The SMILES string of the molecule is CCCCCCCC(CCCCCCC)n1cnc(C(F)(F)F)n1. The lowest BCUT2D eigenvalue weighted by Gasteiger charge is -2.17. The largest absolute Gasteiger partial charge is 0.453 e. The Morgan fingerprint density at radius 3 is 1.79 bits per heavy atom. The summed E-state index contributed by atoms with van der Waals surface area (Å²) >= 11 is 0. The Balaban J connectivity index is 2.54. The molecule has 6 heteroatoms. The maximum absolute atomic E-state index is 12.7. The molecule has 0 N–H and O–H groups in total. The van der Waals surface area contributed by atoms with Gasteiger partial charge in [0.05, 0.1) is 6.04 Å². The quantitative estimate of drug-likeness (QED) is 0.378. The lowest BCUT2D eigenvalue weighted by Crippen LogP contribution is -2.13. The zero-order chi connectivity index (χ0) is 17.8. The van der Waals surface area contributed by atoms with Crippen LogP contribution in [0.25, 0.3) is 0 Å². The molecule has 0 spiro atoms. The van der Waals surface area contributed by atoms with Crippen LogP contribution >= 0.6 is 0 Å². The van der Waals surface area contributed by atoms with Crippen molar-refractivity contribution in [3.05, 3.63) is 12.2 Å². The third-order valence-corrected chi connectivity index (χ3v) is 4.42. The molecule has 24 heavy (non-hydrogen) atoms. The van der Waals surface area contributed by atoms with Gasteiger partial charge in [-0.3, -0.25) is 0 Å². The van der Waals surface area contributed by atoms with Gasteiger partial charge in [0.25, 0.3) is 5.82 Å². The second-order valence-electron chi connectivity index (χ2n) is 6.61. The van der Waals surface area contributed by atoms with Crippen LogP contribution in [0, 0.1) is 0 Å². The topological polar surface area (TPSA) is 30.7 Å². The van der Waals surface area contributed by atoms with Crippen LogP contribution in [-0.4, -0.2) is 14.8 Å². The molecule has 0 unspecified atom stereocenters. The Morgan fingerprint density at radius 1 is 0.875 bits per heavy atom. The fraction of sp³-hybridized carbons (Fsp3) is 0.889. The molecule has 3 nitrogen and oxygen atoms in total. The third-order valence-electron chi connectivity index (χ3n) is 4.42. The molecule has 0 aromatic carbocycles. The molecule has 0 saturated carbocycles. The van der Waals surface area contributed by atoms with Crippen LogP contribution in [0.2, 0.25) is 0 Å². The van der Waals surface area contributed by atoms with E-state index in [1.807, 2.05) is 0 Å². The average Bonchev–Trinajstić information content (AvgIpc) is 3.02. The van der Waals surface area contributed by atoms with Gasteiger partial charge in [-0.15, -0.1) is 5.10 Å². The van der Waals surface area contributed by atoms with Gasteiger partial charge in [-0.25, -0.2) is 9.67 Å². The number of rotatable bonds is 13. The summed E-state index contributed by atoms with van der Waals surface area (Å²) in [6.45, 7) is 4.35. The molecule has 0 aliphatic rings. The third kappa shape index (κ3) is 8.15. The van der Waals surface area contributed by atoms with Crippen molar-refractivity contribution in [3.8, 4) is 0 Å². The van der Waals surface area contributed by atoms with Crippen molar-refractivity contribution >= 4 is 0 Å². The van der Waals surface area contributed by atoms with Gasteiger partial charge in [-0.2, -0.15) is 13.2 Å². The predicted molar refractivity (Wildman–Crippen MR) is 90.8 cm³/mol. The van der Waals surface area contributed by atoms with E-state index in [-0.39, 0.29) is 6.04 Å². The molecule has 1 aromatic heterocycles. The fourth-order valence-electron chi connectivity index (χ4n) is 2.96. The van der Waals surface area contributed by atoms with Crippen LogP contribution in [-0.2, 0) is 6.18 Å². The number of alkyl halides is 3. The molecular weight excluding hydrogens is 315 g/mol. The molecule has 0 aliphatic heterocycles. The van der Waals surface area contributed by atoms with Crippen molar-refractivity contribution in [2.45, 2.75) is 103 Å². The van der Waals surface area contributed by atoms with Crippen molar-refractivity contribution in [1.82, 2.24) is 14.8 Å². The van der Waals surface area contributed by atoms with Gasteiger partial charge in [0, 0.05) is 0 Å². The van der Waals surface area contributed by atoms with Gasteiger partial charge in [0.2, 0.25) is 0 Å². The van der Waals surface area contributed by atoms with Gasteiger partial charge in [-0.05, 0) is 12.8 Å². The molecule has 0 radical (unpaired) electrons. The Morgan fingerprint density at radius 2 is 1.38 bits per heavy atom. The smallest absolute Gasteiger partial charge is 0.249 e. The van der Waals surface area contributed by atoms with Gasteiger partial charge >= 0.3 is 6.18 Å². The van der Waals surface area contributed by atoms with Crippen LogP contribution in [0.3, 0.4) is 0 Å². The predicted octanol–water partition coefficient (Wildman–Crippen LogP) is 6.56. The summed E-state index contributed by atoms with van der Waals surface area (Å²) in [5.41, 5.74) is 0. The lowest BCUT2D eigenvalue weighted by molar-refractivity contribution is -0.145. The first kappa shape index (κ1) is 21.0. The van der Waals surface area contributed by atoms with E-state index >= 15 is 0 Å². The van der Waals surface area contributed by atoms with Gasteiger partial charge in [-0.1, -0.05) is 78.1 Å². The van der Waals surface area contributed by atoms with Crippen LogP contribution in [0.4, 0.5) is 13.2 Å². The van der Waals surface area contributed by atoms with E-state index in [1.165, 1.54) is 49.5 Å². The standard InChI is InChI=1S/C18H32F3N3/c1-3-5-7-9-11-13-16(14-12-10-8-6-4-2)24-15-22-17(23-24)18(19,20)21/h15-16H,3-14H2,1-2H3. The highest BCUT2D eigenvalue weighted by Gasteiger charge is 2.36. The van der Waals surface area contributed by atoms with E-state index in [9.17, 15) is 13.2 Å². The van der Waals surface area contributed by atoms with E-state index in [1.54, 1.807) is 0 Å². The summed E-state index contributed by atoms with van der Waals surface area (Å²) in [6, 6.07) is 0.0388. The van der Waals surface area contributed by atoms with Crippen LogP contribution in [0.1, 0.15) is 103 Å². The number of hydrogen-bond acceptors (Lipinski definition) is 2. The first-order chi connectivity index (χ1) is 11.5. The molecule has 0 atom stereocenters. The molecular formula is C18H32F3N3. The Labute approximate surface area is 144 Å². The number of unbranched alkanes of at least 4 members (excludes halogenated alkanes) is 8. The highest BCUT2D eigenvalue weighted by atomic mass is 19.4. The minimum absolute atomic E-state index is 0.0388. The summed E-state index contributed by atoms with van der Waals surface area (Å²) in [5, 5.41) is 3.69. The highest BCUT2D eigenvalue weighted by molar-refractivity contribution is 4.88. The minimum atomic E-state index is -4.46. The van der Waals surface area contributed by atoms with E-state index in [4.69, 9.17) is 0 Å². The maximum Gasteiger partial charge on any atom is 0.453 e. The minimum Gasteiger partial charge on any atom is -0.249 e. The summed E-state index contributed by atoms with van der Waals surface area (Å²) in [7, 11) is 0. The van der Waals surface area contributed by atoms with Gasteiger partial charge in [0.1, 0.15) is 6.33 Å². The Bertz CT molecular complexity index is 415. The normalized spacial score (nSPS) is 12.2. The zero-order valence-corrected chi connectivity index (χ0v) is 15.1. The van der Waals surface area contributed by atoms with E-state index in [0.717, 1.165) is 38.5 Å².